The van der Waals surface area contributed by atoms with E-state index in [1.807, 2.05) is 55.5 Å². The third kappa shape index (κ3) is 4.30. The van der Waals surface area contributed by atoms with Crippen molar-refractivity contribution in [2.45, 2.75) is 26.4 Å². The number of para-hydroxylation sites is 1. The van der Waals surface area contributed by atoms with Crippen molar-refractivity contribution in [2.75, 3.05) is 12.4 Å². The molecule has 4 rings (SSSR count). The van der Waals surface area contributed by atoms with E-state index in [0.29, 0.717) is 12.2 Å². The molecule has 1 N–H and O–H groups in total. The second kappa shape index (κ2) is 8.78. The molecule has 2 aromatic carbocycles. The first-order chi connectivity index (χ1) is 15.1. The van der Waals surface area contributed by atoms with Crippen LogP contribution in [0.1, 0.15) is 18.1 Å². The number of anilines is 1. The molecule has 0 fully saturated rings. The smallest absolute Gasteiger partial charge is 0.283 e. The van der Waals surface area contributed by atoms with Crippen molar-refractivity contribution in [3.8, 4) is 5.75 Å². The van der Waals surface area contributed by atoms with E-state index in [-0.39, 0.29) is 18.0 Å². The van der Waals surface area contributed by atoms with Crippen LogP contribution in [0.15, 0.2) is 59.7 Å². The van der Waals surface area contributed by atoms with Gasteiger partial charge in [0, 0.05) is 5.69 Å². The lowest BCUT2D eigenvalue weighted by Crippen LogP contribution is -2.28. The first-order valence-corrected chi connectivity index (χ1v) is 9.88. The Kier molecular flexibility index (Phi) is 5.74. The number of nitrogens with zero attached hydrogens (tertiary/aromatic N) is 5. The summed E-state index contributed by atoms with van der Waals surface area (Å²) < 4.78 is 8.02. The van der Waals surface area contributed by atoms with Crippen LogP contribution in [0.25, 0.3) is 11.2 Å². The number of carbonyl (C=O) groups excluding carboxylic acids is 1. The second-order valence-corrected chi connectivity index (χ2v) is 7.01. The number of aromatic nitrogens is 5. The van der Waals surface area contributed by atoms with Gasteiger partial charge in [-0.2, -0.15) is 0 Å². The SMILES string of the molecule is CCc1ccccc1NC(=O)Cn1cnc2c(nnn2Cc2cccc(OC)c2)c1=O. The van der Waals surface area contributed by atoms with Crippen LogP contribution in [0.2, 0.25) is 0 Å². The highest BCUT2D eigenvalue weighted by atomic mass is 16.5. The van der Waals surface area contributed by atoms with E-state index >= 15 is 0 Å². The molecule has 0 saturated heterocycles. The van der Waals surface area contributed by atoms with Gasteiger partial charge >= 0.3 is 0 Å². The summed E-state index contributed by atoms with van der Waals surface area (Å²) in [6.07, 6.45) is 2.14. The average Bonchev–Trinajstić information content (AvgIpc) is 3.19. The van der Waals surface area contributed by atoms with Crippen LogP contribution >= 0.6 is 0 Å². The molecule has 0 saturated carbocycles. The molecule has 0 bridgehead atoms. The van der Waals surface area contributed by atoms with Crippen LogP contribution in [0.5, 0.6) is 5.75 Å². The van der Waals surface area contributed by atoms with Crippen molar-refractivity contribution in [1.82, 2.24) is 24.5 Å². The average molecular weight is 418 g/mol. The lowest BCUT2D eigenvalue weighted by Gasteiger charge is -2.10. The number of rotatable bonds is 7. The predicted molar refractivity (Wildman–Crippen MR) is 116 cm³/mol. The van der Waals surface area contributed by atoms with Gasteiger partial charge in [-0.15, -0.1) is 5.10 Å². The highest BCUT2D eigenvalue weighted by Crippen LogP contribution is 2.16. The fourth-order valence-corrected chi connectivity index (χ4v) is 3.34. The van der Waals surface area contributed by atoms with Crippen LogP contribution in [-0.4, -0.2) is 37.6 Å². The molecule has 0 aliphatic rings. The summed E-state index contributed by atoms with van der Waals surface area (Å²) in [5, 5.41) is 10.9. The van der Waals surface area contributed by atoms with E-state index in [1.165, 1.54) is 10.9 Å². The maximum atomic E-state index is 12.8. The largest absolute Gasteiger partial charge is 0.497 e. The highest BCUT2D eigenvalue weighted by Gasteiger charge is 2.15. The molecule has 0 spiro atoms. The predicted octanol–water partition coefficient (Wildman–Crippen LogP) is 2.25. The third-order valence-electron chi connectivity index (χ3n) is 4.94. The Morgan fingerprint density at radius 3 is 2.81 bits per heavy atom. The first kappa shape index (κ1) is 20.3. The molecule has 0 unspecified atom stereocenters. The molecular weight excluding hydrogens is 396 g/mol. The molecule has 0 aliphatic carbocycles. The zero-order chi connectivity index (χ0) is 21.8. The van der Waals surface area contributed by atoms with Crippen LogP contribution in [0.4, 0.5) is 5.69 Å². The van der Waals surface area contributed by atoms with Crippen molar-refractivity contribution in [2.24, 2.45) is 0 Å². The number of carbonyl (C=O) groups is 1. The Balaban J connectivity index is 1.54. The minimum Gasteiger partial charge on any atom is -0.497 e. The van der Waals surface area contributed by atoms with Crippen molar-refractivity contribution in [3.05, 3.63) is 76.3 Å². The van der Waals surface area contributed by atoms with Crippen LogP contribution in [0, 0.1) is 0 Å². The minimum absolute atomic E-state index is 0.118. The van der Waals surface area contributed by atoms with Gasteiger partial charge in [0.15, 0.2) is 11.2 Å². The van der Waals surface area contributed by atoms with Crippen molar-refractivity contribution < 1.29 is 9.53 Å². The van der Waals surface area contributed by atoms with Gasteiger partial charge in [0.2, 0.25) is 5.91 Å². The molecule has 4 aromatic rings. The number of amides is 1. The van der Waals surface area contributed by atoms with Gasteiger partial charge in [0.05, 0.1) is 13.7 Å². The summed E-state index contributed by atoms with van der Waals surface area (Å²) in [4.78, 5) is 29.6. The molecule has 0 atom stereocenters. The summed E-state index contributed by atoms with van der Waals surface area (Å²) in [6.45, 7) is 2.24. The number of ether oxygens (including phenoxy) is 1. The van der Waals surface area contributed by atoms with Gasteiger partial charge in [0.1, 0.15) is 18.6 Å². The number of hydrogen-bond donors (Lipinski definition) is 1. The van der Waals surface area contributed by atoms with Gasteiger partial charge < -0.3 is 10.1 Å². The molecular formula is C22H22N6O3. The molecule has 2 aromatic heterocycles. The van der Waals surface area contributed by atoms with E-state index in [2.05, 4.69) is 20.6 Å². The monoisotopic (exact) mass is 418 g/mol. The van der Waals surface area contributed by atoms with Crippen molar-refractivity contribution in [3.63, 3.8) is 0 Å². The second-order valence-electron chi connectivity index (χ2n) is 7.01. The Labute approximate surface area is 178 Å². The lowest BCUT2D eigenvalue weighted by atomic mass is 10.1. The molecule has 0 aliphatic heterocycles. The molecule has 9 heteroatoms. The molecule has 158 valence electrons. The van der Waals surface area contributed by atoms with Crippen LogP contribution in [-0.2, 0) is 24.3 Å². The summed E-state index contributed by atoms with van der Waals surface area (Å²) in [6, 6.07) is 15.1. The maximum Gasteiger partial charge on any atom is 0.283 e. The van der Waals surface area contributed by atoms with E-state index in [9.17, 15) is 9.59 Å². The van der Waals surface area contributed by atoms with Crippen LogP contribution in [0.3, 0.4) is 0 Å². The molecule has 0 radical (unpaired) electrons. The van der Waals surface area contributed by atoms with E-state index in [4.69, 9.17) is 4.74 Å². The molecule has 2 heterocycles. The van der Waals surface area contributed by atoms with Crippen LogP contribution < -0.4 is 15.6 Å². The summed E-state index contributed by atoms with van der Waals surface area (Å²) in [5.41, 5.74) is 2.76. The van der Waals surface area contributed by atoms with E-state index in [0.717, 1.165) is 29.0 Å². The quantitative estimate of drug-likeness (QED) is 0.494. The Morgan fingerprint density at radius 1 is 1.16 bits per heavy atom. The number of benzene rings is 2. The topological polar surface area (TPSA) is 104 Å². The normalized spacial score (nSPS) is 10.9. The number of hydrogen-bond acceptors (Lipinski definition) is 6. The fraction of sp³-hybridized carbons (Fsp3) is 0.227. The summed E-state index contributed by atoms with van der Waals surface area (Å²) in [5.74, 6) is 0.417. The van der Waals surface area contributed by atoms with Gasteiger partial charge in [-0.3, -0.25) is 14.2 Å². The molecule has 9 nitrogen and oxygen atoms in total. The van der Waals surface area contributed by atoms with Crippen molar-refractivity contribution >= 4 is 22.8 Å². The number of fused-ring (bicyclic) bond motifs is 1. The Bertz CT molecular complexity index is 1290. The zero-order valence-electron chi connectivity index (χ0n) is 17.3. The van der Waals surface area contributed by atoms with E-state index < -0.39 is 5.56 Å². The lowest BCUT2D eigenvalue weighted by molar-refractivity contribution is -0.116. The Hall–Kier alpha value is -4.01. The van der Waals surface area contributed by atoms with Crippen molar-refractivity contribution in [1.29, 1.82) is 0 Å². The van der Waals surface area contributed by atoms with E-state index in [1.54, 1.807) is 11.8 Å². The van der Waals surface area contributed by atoms with Gasteiger partial charge in [0.25, 0.3) is 5.56 Å². The standard InChI is InChI=1S/C22H22N6O3/c1-3-16-8-4-5-10-18(16)24-19(29)13-27-14-23-21-20(22(27)30)25-26-28(21)12-15-7-6-9-17(11-15)31-2/h4-11,14H,3,12-13H2,1-2H3,(H,24,29). The summed E-state index contributed by atoms with van der Waals surface area (Å²) >= 11 is 0. The number of aryl methyl sites for hydroxylation is 1. The maximum absolute atomic E-state index is 12.8. The number of methoxy groups -OCH3 is 1. The highest BCUT2D eigenvalue weighted by molar-refractivity contribution is 5.91. The van der Waals surface area contributed by atoms with Gasteiger partial charge in [-0.05, 0) is 35.7 Å². The summed E-state index contributed by atoms with van der Waals surface area (Å²) in [7, 11) is 1.60. The third-order valence-corrected chi connectivity index (χ3v) is 4.94. The van der Waals surface area contributed by atoms with Gasteiger partial charge in [-0.1, -0.05) is 42.5 Å². The fourth-order valence-electron chi connectivity index (χ4n) is 3.34. The van der Waals surface area contributed by atoms with Gasteiger partial charge in [-0.25, -0.2) is 9.67 Å². The number of nitrogens with one attached hydrogen (secondary N) is 1. The zero-order valence-corrected chi connectivity index (χ0v) is 17.3. The first-order valence-electron chi connectivity index (χ1n) is 9.88. The molecule has 1 amide bonds. The minimum atomic E-state index is -0.416. The Morgan fingerprint density at radius 2 is 2.00 bits per heavy atom. The molecule has 31 heavy (non-hydrogen) atoms.